The highest BCUT2D eigenvalue weighted by molar-refractivity contribution is 7.10. The molecule has 0 bridgehead atoms. The van der Waals surface area contributed by atoms with Crippen molar-refractivity contribution in [2.24, 2.45) is 0 Å². The molecule has 9 heteroatoms. The van der Waals surface area contributed by atoms with Crippen LogP contribution < -0.4 is 11.1 Å². The number of hydrogen-bond acceptors (Lipinski definition) is 6. The first-order valence-corrected chi connectivity index (χ1v) is 8.00. The number of nitrogens with one attached hydrogen (secondary N) is 1. The molecule has 6 nitrogen and oxygen atoms in total. The summed E-state index contributed by atoms with van der Waals surface area (Å²) >= 11 is 12.7. The van der Waals surface area contributed by atoms with Crippen molar-refractivity contribution in [3.63, 3.8) is 0 Å². The first-order valence-electron chi connectivity index (χ1n) is 6.47. The number of carbonyl (C=O) groups excluding carboxylic acids is 2. The van der Waals surface area contributed by atoms with Gasteiger partial charge in [-0.1, -0.05) is 23.2 Å². The summed E-state index contributed by atoms with van der Waals surface area (Å²) < 4.78 is 9.08. The van der Waals surface area contributed by atoms with Gasteiger partial charge in [-0.2, -0.15) is 4.37 Å². The van der Waals surface area contributed by atoms with Crippen LogP contribution in [0.25, 0.3) is 0 Å². The summed E-state index contributed by atoms with van der Waals surface area (Å²) in [5.74, 6) is -1.21. The molecule has 1 amide bonds. The first kappa shape index (κ1) is 17.5. The van der Waals surface area contributed by atoms with Crippen LogP contribution in [0.15, 0.2) is 18.2 Å². The highest BCUT2D eigenvalue weighted by Crippen LogP contribution is 2.24. The van der Waals surface area contributed by atoms with Crippen LogP contribution in [0, 0.1) is 6.92 Å². The van der Waals surface area contributed by atoms with Gasteiger partial charge in [0.25, 0.3) is 5.91 Å². The molecular weight excluding hydrogens is 361 g/mol. The van der Waals surface area contributed by atoms with Gasteiger partial charge in [-0.15, -0.1) is 0 Å². The van der Waals surface area contributed by atoms with Gasteiger partial charge in [0.15, 0.2) is 6.10 Å². The number of anilines is 2. The third-order valence-corrected chi connectivity index (χ3v) is 4.08. The summed E-state index contributed by atoms with van der Waals surface area (Å²) in [6.07, 6.45) is -1.03. The van der Waals surface area contributed by atoms with Crippen molar-refractivity contribution in [2.75, 3.05) is 11.1 Å². The topological polar surface area (TPSA) is 94.3 Å². The fourth-order valence-corrected chi connectivity index (χ4v) is 2.95. The van der Waals surface area contributed by atoms with Gasteiger partial charge in [-0.05, 0) is 43.6 Å². The zero-order chi connectivity index (χ0) is 17.1. The number of benzene rings is 1. The van der Waals surface area contributed by atoms with Gasteiger partial charge in [0, 0.05) is 15.7 Å². The number of rotatable bonds is 4. The molecule has 0 saturated carbocycles. The molecule has 1 heterocycles. The number of aromatic nitrogens is 1. The van der Waals surface area contributed by atoms with Crippen molar-refractivity contribution in [2.45, 2.75) is 20.0 Å². The van der Waals surface area contributed by atoms with E-state index in [0.29, 0.717) is 21.4 Å². The van der Waals surface area contributed by atoms with Crippen molar-refractivity contribution in [3.05, 3.63) is 39.5 Å². The van der Waals surface area contributed by atoms with E-state index in [1.165, 1.54) is 25.1 Å². The van der Waals surface area contributed by atoms with Crippen LogP contribution >= 0.6 is 34.7 Å². The van der Waals surface area contributed by atoms with Crippen LogP contribution in [0.1, 0.15) is 23.0 Å². The van der Waals surface area contributed by atoms with Crippen LogP contribution in [0.2, 0.25) is 10.0 Å². The van der Waals surface area contributed by atoms with E-state index in [1.54, 1.807) is 6.92 Å². The predicted octanol–water partition coefficient (Wildman–Crippen LogP) is 3.52. The molecule has 3 N–H and O–H groups in total. The largest absolute Gasteiger partial charge is 0.449 e. The van der Waals surface area contributed by atoms with Gasteiger partial charge < -0.3 is 15.8 Å². The predicted molar refractivity (Wildman–Crippen MR) is 91.2 cm³/mol. The van der Waals surface area contributed by atoms with E-state index in [2.05, 4.69) is 9.69 Å². The highest BCUT2D eigenvalue weighted by Gasteiger charge is 2.23. The molecule has 1 aromatic heterocycles. The number of halogens is 2. The van der Waals surface area contributed by atoms with Crippen LogP contribution in [-0.4, -0.2) is 22.4 Å². The fraction of sp³-hybridized carbons (Fsp3) is 0.214. The molecule has 0 aliphatic heterocycles. The molecule has 0 aliphatic rings. The molecule has 0 unspecified atom stereocenters. The average molecular weight is 374 g/mol. The molecule has 2 rings (SSSR count). The van der Waals surface area contributed by atoms with Gasteiger partial charge in [-0.25, -0.2) is 4.79 Å². The molecule has 0 aliphatic carbocycles. The smallest absolute Gasteiger partial charge is 0.343 e. The second-order valence-electron chi connectivity index (χ2n) is 4.70. The Morgan fingerprint density at radius 2 is 1.91 bits per heavy atom. The Hall–Kier alpha value is -1.83. The minimum atomic E-state index is -1.03. The molecule has 0 spiro atoms. The second-order valence-corrected chi connectivity index (χ2v) is 6.38. The van der Waals surface area contributed by atoms with Crippen LogP contribution in [0.3, 0.4) is 0 Å². The summed E-state index contributed by atoms with van der Waals surface area (Å²) in [7, 11) is 0. The lowest BCUT2D eigenvalue weighted by Crippen LogP contribution is -2.30. The monoisotopic (exact) mass is 373 g/mol. The maximum absolute atomic E-state index is 12.1. The minimum Gasteiger partial charge on any atom is -0.449 e. The minimum absolute atomic E-state index is 0.181. The van der Waals surface area contributed by atoms with Gasteiger partial charge >= 0.3 is 5.97 Å². The first-order chi connectivity index (χ1) is 10.8. The number of nitrogens with two attached hydrogens (primary N) is 1. The number of hydrogen-bond donors (Lipinski definition) is 2. The van der Waals surface area contributed by atoms with Gasteiger partial charge in [0.2, 0.25) is 0 Å². The Labute approximate surface area is 146 Å². The molecule has 0 radical (unpaired) electrons. The van der Waals surface area contributed by atoms with Gasteiger partial charge in [0.1, 0.15) is 10.6 Å². The third-order valence-electron chi connectivity index (χ3n) is 2.88. The quantitative estimate of drug-likeness (QED) is 0.799. The van der Waals surface area contributed by atoms with Crippen molar-refractivity contribution in [1.29, 1.82) is 0 Å². The zero-order valence-electron chi connectivity index (χ0n) is 12.2. The van der Waals surface area contributed by atoms with Crippen molar-refractivity contribution in [1.82, 2.24) is 4.37 Å². The molecule has 23 heavy (non-hydrogen) atoms. The molecule has 1 atom stereocenters. The van der Waals surface area contributed by atoms with E-state index < -0.39 is 18.0 Å². The molecule has 122 valence electrons. The van der Waals surface area contributed by atoms with E-state index in [0.717, 1.165) is 11.5 Å². The van der Waals surface area contributed by atoms with Gasteiger partial charge in [0.05, 0.1) is 5.69 Å². The normalized spacial score (nSPS) is 11.8. The number of nitrogen functional groups attached to an aromatic ring is 1. The Morgan fingerprint density at radius 3 is 2.43 bits per heavy atom. The Morgan fingerprint density at radius 1 is 1.30 bits per heavy atom. The maximum atomic E-state index is 12.1. The Kier molecular flexibility index (Phi) is 5.46. The number of esters is 1. The van der Waals surface area contributed by atoms with Gasteiger partial charge in [-0.3, -0.25) is 4.79 Å². The SMILES string of the molecule is Cc1nsc(N)c1C(=O)O[C@H](C)C(=O)Nc1cc(Cl)cc(Cl)c1. The van der Waals surface area contributed by atoms with Crippen LogP contribution in [0.4, 0.5) is 10.7 Å². The molecule has 1 aromatic carbocycles. The fourth-order valence-electron chi connectivity index (χ4n) is 1.78. The van der Waals surface area contributed by atoms with Crippen LogP contribution in [-0.2, 0) is 9.53 Å². The van der Waals surface area contributed by atoms with E-state index in [9.17, 15) is 9.59 Å². The molecule has 2 aromatic rings. The lowest BCUT2D eigenvalue weighted by atomic mass is 10.2. The molecular formula is C14H13Cl2N3O3S. The number of carbonyl (C=O) groups is 2. The lowest BCUT2D eigenvalue weighted by Gasteiger charge is -2.14. The summed E-state index contributed by atoms with van der Waals surface area (Å²) in [6.45, 7) is 3.09. The number of aryl methyl sites for hydroxylation is 1. The maximum Gasteiger partial charge on any atom is 0.343 e. The van der Waals surface area contributed by atoms with E-state index in [4.69, 9.17) is 33.7 Å². The molecule has 0 saturated heterocycles. The van der Waals surface area contributed by atoms with E-state index in [1.807, 2.05) is 0 Å². The molecule has 0 fully saturated rings. The number of ether oxygens (including phenoxy) is 1. The zero-order valence-corrected chi connectivity index (χ0v) is 14.6. The average Bonchev–Trinajstić information content (AvgIpc) is 2.76. The van der Waals surface area contributed by atoms with Crippen molar-refractivity contribution < 1.29 is 14.3 Å². The second kappa shape index (κ2) is 7.16. The van der Waals surface area contributed by atoms with E-state index >= 15 is 0 Å². The standard InChI is InChI=1S/C14H13Cl2N3O3S/c1-6-11(12(17)23-19-6)14(21)22-7(2)13(20)18-10-4-8(15)3-9(16)5-10/h3-5,7H,17H2,1-2H3,(H,18,20)/t7-/m1/s1. The van der Waals surface area contributed by atoms with Crippen LogP contribution in [0.5, 0.6) is 0 Å². The summed E-state index contributed by atoms with van der Waals surface area (Å²) in [4.78, 5) is 24.2. The Balaban J connectivity index is 2.04. The number of nitrogens with zero attached hydrogens (tertiary/aromatic N) is 1. The highest BCUT2D eigenvalue weighted by atomic mass is 35.5. The third kappa shape index (κ3) is 4.34. The summed E-state index contributed by atoms with van der Waals surface area (Å²) in [5, 5.41) is 3.59. The summed E-state index contributed by atoms with van der Waals surface area (Å²) in [6, 6.07) is 4.60. The van der Waals surface area contributed by atoms with Crippen molar-refractivity contribution >= 4 is 57.3 Å². The lowest BCUT2D eigenvalue weighted by molar-refractivity contribution is -0.123. The Bertz CT molecular complexity index is 724. The summed E-state index contributed by atoms with van der Waals surface area (Å²) in [5.41, 5.74) is 6.73. The van der Waals surface area contributed by atoms with Crippen molar-refractivity contribution in [3.8, 4) is 0 Å². The van der Waals surface area contributed by atoms with E-state index in [-0.39, 0.29) is 10.6 Å². The number of amides is 1.